The van der Waals surface area contributed by atoms with Crippen molar-refractivity contribution in [3.63, 3.8) is 0 Å². The zero-order valence-corrected chi connectivity index (χ0v) is 13.9. The molecule has 24 heavy (non-hydrogen) atoms. The lowest BCUT2D eigenvalue weighted by atomic mass is 10.1. The van der Waals surface area contributed by atoms with Crippen molar-refractivity contribution in [2.75, 3.05) is 25.5 Å². The highest BCUT2D eigenvalue weighted by atomic mass is 32.1. The molecule has 1 fully saturated rings. The Morgan fingerprint density at radius 2 is 2.00 bits per heavy atom. The van der Waals surface area contributed by atoms with Crippen molar-refractivity contribution in [2.45, 2.75) is 6.04 Å². The number of nitrogens with one attached hydrogen (secondary N) is 3. The van der Waals surface area contributed by atoms with Gasteiger partial charge >= 0.3 is 6.03 Å². The SMILES string of the molecule is COc1ccc(-c2cc(C(=O)NC3CNC3)c(NC(N)=O)s2)cc1. The number of carbonyl (C=O) groups is 2. The lowest BCUT2D eigenvalue weighted by molar-refractivity contribution is 0.0925. The maximum Gasteiger partial charge on any atom is 0.317 e. The number of carbonyl (C=O) groups excluding carboxylic acids is 2. The van der Waals surface area contributed by atoms with Crippen molar-refractivity contribution >= 4 is 28.3 Å². The largest absolute Gasteiger partial charge is 0.497 e. The van der Waals surface area contributed by atoms with Crippen molar-refractivity contribution in [1.29, 1.82) is 0 Å². The molecular weight excluding hydrogens is 328 g/mol. The van der Waals surface area contributed by atoms with E-state index in [4.69, 9.17) is 10.5 Å². The second-order valence-electron chi connectivity index (χ2n) is 5.40. The highest BCUT2D eigenvalue weighted by Gasteiger charge is 2.23. The summed E-state index contributed by atoms with van der Waals surface area (Å²) in [7, 11) is 1.60. The number of rotatable bonds is 5. The summed E-state index contributed by atoms with van der Waals surface area (Å²) in [4.78, 5) is 24.5. The Hall–Kier alpha value is -2.58. The molecule has 0 atom stereocenters. The highest BCUT2D eigenvalue weighted by Crippen LogP contribution is 2.36. The molecule has 126 valence electrons. The second kappa shape index (κ2) is 6.90. The Morgan fingerprint density at radius 3 is 2.54 bits per heavy atom. The molecule has 2 heterocycles. The Morgan fingerprint density at radius 1 is 1.29 bits per heavy atom. The Bertz CT molecular complexity index is 753. The Balaban J connectivity index is 1.89. The average Bonchev–Trinajstić information content (AvgIpc) is 2.94. The molecule has 1 aromatic carbocycles. The summed E-state index contributed by atoms with van der Waals surface area (Å²) in [5, 5.41) is 8.99. The van der Waals surface area contributed by atoms with Crippen LogP contribution in [0, 0.1) is 0 Å². The van der Waals surface area contributed by atoms with Crippen LogP contribution < -0.4 is 26.4 Å². The zero-order chi connectivity index (χ0) is 17.1. The van der Waals surface area contributed by atoms with Gasteiger partial charge in [-0.05, 0) is 35.9 Å². The zero-order valence-electron chi connectivity index (χ0n) is 13.1. The molecule has 0 radical (unpaired) electrons. The van der Waals surface area contributed by atoms with Gasteiger partial charge in [0.15, 0.2) is 0 Å². The molecule has 7 nitrogen and oxygen atoms in total. The molecular formula is C16H18N4O3S. The number of methoxy groups -OCH3 is 1. The summed E-state index contributed by atoms with van der Waals surface area (Å²) in [5.74, 6) is 0.530. The third-order valence-electron chi connectivity index (χ3n) is 3.70. The monoisotopic (exact) mass is 346 g/mol. The number of hydrogen-bond acceptors (Lipinski definition) is 5. The smallest absolute Gasteiger partial charge is 0.317 e. The van der Waals surface area contributed by atoms with Gasteiger partial charge in [-0.3, -0.25) is 10.1 Å². The van der Waals surface area contributed by atoms with E-state index in [2.05, 4.69) is 16.0 Å². The fourth-order valence-electron chi connectivity index (χ4n) is 2.32. The van der Waals surface area contributed by atoms with Crippen LogP contribution in [0.5, 0.6) is 5.75 Å². The van der Waals surface area contributed by atoms with Crippen molar-refractivity contribution in [3.05, 3.63) is 35.9 Å². The van der Waals surface area contributed by atoms with E-state index in [-0.39, 0.29) is 11.9 Å². The van der Waals surface area contributed by atoms with E-state index in [1.165, 1.54) is 11.3 Å². The number of amides is 3. The van der Waals surface area contributed by atoms with Crippen molar-refractivity contribution in [2.24, 2.45) is 5.73 Å². The number of ether oxygens (including phenoxy) is 1. The number of benzene rings is 1. The summed E-state index contributed by atoms with van der Waals surface area (Å²) in [6.07, 6.45) is 0. The van der Waals surface area contributed by atoms with E-state index in [0.717, 1.165) is 29.3 Å². The first-order chi connectivity index (χ1) is 11.6. The topological polar surface area (TPSA) is 105 Å². The van der Waals surface area contributed by atoms with Gasteiger partial charge in [-0.2, -0.15) is 0 Å². The lowest BCUT2D eigenvalue weighted by Gasteiger charge is -2.27. The summed E-state index contributed by atoms with van der Waals surface area (Å²) in [5.41, 5.74) is 6.56. The molecule has 0 saturated carbocycles. The van der Waals surface area contributed by atoms with Crippen LogP contribution in [0.25, 0.3) is 10.4 Å². The molecule has 0 spiro atoms. The second-order valence-corrected chi connectivity index (χ2v) is 6.45. The number of thiophene rings is 1. The minimum atomic E-state index is -0.697. The van der Waals surface area contributed by atoms with Crippen molar-refractivity contribution in [1.82, 2.24) is 10.6 Å². The van der Waals surface area contributed by atoms with Gasteiger partial charge in [0.05, 0.1) is 18.7 Å². The normalized spacial score (nSPS) is 13.9. The first kappa shape index (κ1) is 16.3. The van der Waals surface area contributed by atoms with Crippen molar-refractivity contribution < 1.29 is 14.3 Å². The van der Waals surface area contributed by atoms with Gasteiger partial charge in [-0.1, -0.05) is 0 Å². The number of anilines is 1. The standard InChI is InChI=1S/C16H18N4O3S/c1-23-11-4-2-9(3-5-11)13-6-12(15(24-13)20-16(17)22)14(21)19-10-7-18-8-10/h2-6,10,18H,7-8H2,1H3,(H,19,21)(H3,17,20,22). The average molecular weight is 346 g/mol. The van der Waals surface area contributed by atoms with Crippen LogP contribution in [0.3, 0.4) is 0 Å². The minimum Gasteiger partial charge on any atom is -0.497 e. The number of nitrogens with two attached hydrogens (primary N) is 1. The van der Waals surface area contributed by atoms with Gasteiger partial charge in [-0.25, -0.2) is 4.79 Å². The van der Waals surface area contributed by atoms with Crippen LogP contribution in [0.15, 0.2) is 30.3 Å². The van der Waals surface area contributed by atoms with Crippen LogP contribution in [-0.4, -0.2) is 38.2 Å². The third kappa shape index (κ3) is 3.50. The third-order valence-corrected chi connectivity index (χ3v) is 4.80. The van der Waals surface area contributed by atoms with Gasteiger partial charge in [-0.15, -0.1) is 11.3 Å². The van der Waals surface area contributed by atoms with Crippen molar-refractivity contribution in [3.8, 4) is 16.2 Å². The molecule has 1 saturated heterocycles. The predicted molar refractivity (Wildman–Crippen MR) is 93.6 cm³/mol. The summed E-state index contributed by atoms with van der Waals surface area (Å²) in [6, 6.07) is 8.67. The molecule has 3 amide bonds. The number of hydrogen-bond donors (Lipinski definition) is 4. The predicted octanol–water partition coefficient (Wildman–Crippen LogP) is 1.62. The summed E-state index contributed by atoms with van der Waals surface area (Å²) >= 11 is 1.31. The van der Waals surface area contributed by atoms with Gasteiger partial charge in [0.1, 0.15) is 10.8 Å². The van der Waals surface area contributed by atoms with E-state index in [0.29, 0.717) is 10.6 Å². The molecule has 0 unspecified atom stereocenters. The maximum absolute atomic E-state index is 12.5. The van der Waals surface area contributed by atoms with Crippen LogP contribution in [0.4, 0.5) is 9.80 Å². The maximum atomic E-state index is 12.5. The molecule has 1 aliphatic rings. The van der Waals surface area contributed by atoms with Gasteiger partial charge in [0.25, 0.3) is 5.91 Å². The molecule has 0 bridgehead atoms. The first-order valence-corrected chi connectivity index (χ1v) is 8.25. The molecule has 2 aromatic rings. The summed E-state index contributed by atoms with van der Waals surface area (Å²) in [6.45, 7) is 1.50. The van der Waals surface area contributed by atoms with E-state index in [9.17, 15) is 9.59 Å². The highest BCUT2D eigenvalue weighted by molar-refractivity contribution is 7.20. The summed E-state index contributed by atoms with van der Waals surface area (Å²) < 4.78 is 5.15. The fourth-order valence-corrected chi connectivity index (χ4v) is 3.38. The van der Waals surface area contributed by atoms with Gasteiger partial charge < -0.3 is 21.1 Å². The van der Waals surface area contributed by atoms with Crippen LogP contribution in [-0.2, 0) is 0 Å². The van der Waals surface area contributed by atoms with Crippen LogP contribution >= 0.6 is 11.3 Å². The molecule has 1 aromatic heterocycles. The lowest BCUT2D eigenvalue weighted by Crippen LogP contribution is -2.56. The van der Waals surface area contributed by atoms with E-state index >= 15 is 0 Å². The minimum absolute atomic E-state index is 0.114. The van der Waals surface area contributed by atoms with Crippen LogP contribution in [0.1, 0.15) is 10.4 Å². The Kier molecular flexibility index (Phi) is 4.68. The van der Waals surface area contributed by atoms with Crippen LogP contribution in [0.2, 0.25) is 0 Å². The van der Waals surface area contributed by atoms with E-state index in [1.807, 2.05) is 24.3 Å². The molecule has 8 heteroatoms. The Labute approximate surface area is 143 Å². The quantitative estimate of drug-likeness (QED) is 0.660. The van der Waals surface area contributed by atoms with Gasteiger partial charge in [0.2, 0.25) is 0 Å². The molecule has 0 aliphatic carbocycles. The molecule has 5 N–H and O–H groups in total. The van der Waals surface area contributed by atoms with E-state index < -0.39 is 6.03 Å². The molecule has 1 aliphatic heterocycles. The van der Waals surface area contributed by atoms with Gasteiger partial charge in [0, 0.05) is 18.0 Å². The number of urea groups is 1. The molecule has 3 rings (SSSR count). The number of primary amides is 1. The van der Waals surface area contributed by atoms with E-state index in [1.54, 1.807) is 13.2 Å². The first-order valence-electron chi connectivity index (χ1n) is 7.43. The fraction of sp³-hybridized carbons (Fsp3) is 0.250.